The van der Waals surface area contributed by atoms with Crippen molar-refractivity contribution in [3.8, 4) is 0 Å². The van der Waals surface area contributed by atoms with Crippen molar-refractivity contribution in [3.05, 3.63) is 17.5 Å². The van der Waals surface area contributed by atoms with E-state index < -0.39 is 9.84 Å². The number of sulfone groups is 1. The normalized spacial score (nSPS) is 11.9. The molecule has 0 bridgehead atoms. The van der Waals surface area contributed by atoms with Gasteiger partial charge in [-0.2, -0.15) is 0 Å². The van der Waals surface area contributed by atoms with Crippen molar-refractivity contribution in [2.45, 2.75) is 13.5 Å². The molecule has 0 atom stereocenters. The molecule has 0 aliphatic carbocycles. The van der Waals surface area contributed by atoms with E-state index in [0.717, 1.165) is 11.5 Å². The van der Waals surface area contributed by atoms with Gasteiger partial charge in [0.1, 0.15) is 9.84 Å². The number of aryl methyl sites for hydroxylation is 1. The van der Waals surface area contributed by atoms with Crippen molar-refractivity contribution < 1.29 is 12.9 Å². The summed E-state index contributed by atoms with van der Waals surface area (Å²) >= 11 is 0. The molecule has 80 valence electrons. The van der Waals surface area contributed by atoms with Crippen molar-refractivity contribution in [2.24, 2.45) is 0 Å². The molecule has 0 unspecified atom stereocenters. The van der Waals surface area contributed by atoms with Gasteiger partial charge in [-0.05, 0) is 6.92 Å². The monoisotopic (exact) mass is 218 g/mol. The Morgan fingerprint density at radius 1 is 1.57 bits per heavy atom. The van der Waals surface area contributed by atoms with Crippen LogP contribution in [0.15, 0.2) is 10.6 Å². The highest BCUT2D eigenvalue weighted by atomic mass is 32.2. The Hall–Kier alpha value is -0.880. The maximum absolute atomic E-state index is 10.8. The first-order valence-electron chi connectivity index (χ1n) is 4.28. The van der Waals surface area contributed by atoms with E-state index in [1.165, 1.54) is 6.26 Å². The number of nitrogens with zero attached hydrogens (tertiary/aromatic N) is 1. The molecular weight excluding hydrogens is 204 g/mol. The SMILES string of the molecule is Cc1cc(CNCCS(C)(=O)=O)on1. The van der Waals surface area contributed by atoms with Crippen molar-refractivity contribution in [2.75, 3.05) is 18.6 Å². The van der Waals surface area contributed by atoms with Crippen LogP contribution < -0.4 is 5.32 Å². The highest BCUT2D eigenvalue weighted by Gasteiger charge is 2.02. The lowest BCUT2D eigenvalue weighted by atomic mass is 10.4. The molecule has 1 N–H and O–H groups in total. The fourth-order valence-electron chi connectivity index (χ4n) is 0.969. The number of aromatic nitrogens is 1. The third-order valence-electron chi connectivity index (χ3n) is 1.63. The van der Waals surface area contributed by atoms with Crippen LogP contribution >= 0.6 is 0 Å². The highest BCUT2D eigenvalue weighted by Crippen LogP contribution is 2.00. The summed E-state index contributed by atoms with van der Waals surface area (Å²) in [6.07, 6.45) is 1.22. The number of hydrogen-bond donors (Lipinski definition) is 1. The van der Waals surface area contributed by atoms with Gasteiger partial charge in [0.15, 0.2) is 5.76 Å². The third kappa shape index (κ3) is 4.38. The summed E-state index contributed by atoms with van der Waals surface area (Å²) in [6, 6.07) is 1.81. The lowest BCUT2D eigenvalue weighted by Crippen LogP contribution is -2.21. The molecule has 0 radical (unpaired) electrons. The van der Waals surface area contributed by atoms with Gasteiger partial charge < -0.3 is 9.84 Å². The zero-order chi connectivity index (χ0) is 10.6. The van der Waals surface area contributed by atoms with Crippen molar-refractivity contribution in [1.82, 2.24) is 10.5 Å². The Kier molecular flexibility index (Phi) is 3.65. The molecule has 0 saturated carbocycles. The number of nitrogens with one attached hydrogen (secondary N) is 1. The van der Waals surface area contributed by atoms with Crippen LogP contribution in [0.4, 0.5) is 0 Å². The minimum atomic E-state index is -2.88. The van der Waals surface area contributed by atoms with E-state index in [0.29, 0.717) is 13.1 Å². The third-order valence-corrected chi connectivity index (χ3v) is 2.57. The Morgan fingerprint density at radius 2 is 2.29 bits per heavy atom. The largest absolute Gasteiger partial charge is 0.360 e. The van der Waals surface area contributed by atoms with Gasteiger partial charge in [-0.1, -0.05) is 5.16 Å². The minimum absolute atomic E-state index is 0.139. The Morgan fingerprint density at radius 3 is 2.79 bits per heavy atom. The topological polar surface area (TPSA) is 72.2 Å². The van der Waals surface area contributed by atoms with Crippen LogP contribution in [-0.2, 0) is 16.4 Å². The maximum Gasteiger partial charge on any atom is 0.150 e. The zero-order valence-corrected chi connectivity index (χ0v) is 9.10. The zero-order valence-electron chi connectivity index (χ0n) is 8.28. The van der Waals surface area contributed by atoms with E-state index >= 15 is 0 Å². The molecule has 6 heteroatoms. The first-order valence-corrected chi connectivity index (χ1v) is 6.34. The summed E-state index contributed by atoms with van der Waals surface area (Å²) in [5, 5.41) is 6.67. The second-order valence-corrected chi connectivity index (χ2v) is 5.50. The van der Waals surface area contributed by atoms with Gasteiger partial charge in [-0.25, -0.2) is 8.42 Å². The number of hydrogen-bond acceptors (Lipinski definition) is 5. The lowest BCUT2D eigenvalue weighted by Gasteiger charge is -1.99. The molecule has 0 aromatic carbocycles. The van der Waals surface area contributed by atoms with Crippen LogP contribution in [0, 0.1) is 6.92 Å². The van der Waals surface area contributed by atoms with E-state index in [9.17, 15) is 8.42 Å². The van der Waals surface area contributed by atoms with Crippen molar-refractivity contribution in [1.29, 1.82) is 0 Å². The molecule has 0 amide bonds. The molecule has 1 aromatic heterocycles. The standard InChI is InChI=1S/C8H14N2O3S/c1-7-5-8(13-10-7)6-9-3-4-14(2,11)12/h5,9H,3-4,6H2,1-2H3. The summed E-state index contributed by atoms with van der Waals surface area (Å²) < 4.78 is 26.5. The Labute approximate surface area is 83.4 Å². The van der Waals surface area contributed by atoms with Gasteiger partial charge in [0.05, 0.1) is 18.0 Å². The smallest absolute Gasteiger partial charge is 0.150 e. The van der Waals surface area contributed by atoms with E-state index in [1.807, 2.05) is 13.0 Å². The predicted octanol–water partition coefficient (Wildman–Crippen LogP) is 0.117. The van der Waals surface area contributed by atoms with Gasteiger partial charge in [0.25, 0.3) is 0 Å². The van der Waals surface area contributed by atoms with E-state index in [2.05, 4.69) is 10.5 Å². The molecule has 0 saturated heterocycles. The molecule has 1 heterocycles. The molecule has 0 fully saturated rings. The van der Waals surface area contributed by atoms with E-state index in [-0.39, 0.29) is 5.75 Å². The molecule has 0 aliphatic heterocycles. The molecule has 1 rings (SSSR count). The first kappa shape index (κ1) is 11.2. The lowest BCUT2D eigenvalue weighted by molar-refractivity contribution is 0.371. The van der Waals surface area contributed by atoms with Crippen LogP contribution in [0.1, 0.15) is 11.5 Å². The molecule has 5 nitrogen and oxygen atoms in total. The number of rotatable bonds is 5. The Balaban J connectivity index is 2.23. The molecule has 14 heavy (non-hydrogen) atoms. The summed E-state index contributed by atoms with van der Waals surface area (Å²) in [4.78, 5) is 0. The summed E-state index contributed by atoms with van der Waals surface area (Å²) in [7, 11) is -2.88. The fourth-order valence-corrected chi connectivity index (χ4v) is 1.48. The average Bonchev–Trinajstić information content (AvgIpc) is 2.44. The summed E-state index contributed by atoms with van der Waals surface area (Å²) in [6.45, 7) is 2.78. The van der Waals surface area contributed by atoms with Gasteiger partial charge in [0.2, 0.25) is 0 Å². The predicted molar refractivity (Wildman–Crippen MR) is 52.7 cm³/mol. The molecule has 0 spiro atoms. The first-order chi connectivity index (χ1) is 6.47. The Bertz CT molecular complexity index is 383. The van der Waals surface area contributed by atoms with Gasteiger partial charge in [-0.15, -0.1) is 0 Å². The van der Waals surface area contributed by atoms with Gasteiger partial charge in [-0.3, -0.25) is 0 Å². The van der Waals surface area contributed by atoms with Crippen LogP contribution in [0.5, 0.6) is 0 Å². The van der Waals surface area contributed by atoms with Crippen LogP contribution in [0.3, 0.4) is 0 Å². The molecule has 1 aromatic rings. The van der Waals surface area contributed by atoms with E-state index in [4.69, 9.17) is 4.52 Å². The quantitative estimate of drug-likeness (QED) is 0.710. The minimum Gasteiger partial charge on any atom is -0.360 e. The second kappa shape index (κ2) is 4.56. The van der Waals surface area contributed by atoms with E-state index in [1.54, 1.807) is 0 Å². The maximum atomic E-state index is 10.8. The summed E-state index contributed by atoms with van der Waals surface area (Å²) in [5.74, 6) is 0.858. The fraction of sp³-hybridized carbons (Fsp3) is 0.625. The molecular formula is C8H14N2O3S. The van der Waals surface area contributed by atoms with Crippen LogP contribution in [-0.4, -0.2) is 32.1 Å². The van der Waals surface area contributed by atoms with Crippen LogP contribution in [0.25, 0.3) is 0 Å². The van der Waals surface area contributed by atoms with Gasteiger partial charge >= 0.3 is 0 Å². The second-order valence-electron chi connectivity index (χ2n) is 3.24. The van der Waals surface area contributed by atoms with Gasteiger partial charge in [0, 0.05) is 18.9 Å². The van der Waals surface area contributed by atoms with Crippen molar-refractivity contribution in [3.63, 3.8) is 0 Å². The van der Waals surface area contributed by atoms with Crippen LogP contribution in [0.2, 0.25) is 0 Å². The van der Waals surface area contributed by atoms with Crippen molar-refractivity contribution >= 4 is 9.84 Å². The summed E-state index contributed by atoms with van der Waals surface area (Å²) in [5.41, 5.74) is 0.824. The molecule has 0 aliphatic rings. The highest BCUT2D eigenvalue weighted by molar-refractivity contribution is 7.90. The average molecular weight is 218 g/mol.